The van der Waals surface area contributed by atoms with Gasteiger partial charge in [-0.15, -0.1) is 5.10 Å². The van der Waals surface area contributed by atoms with Crippen LogP contribution in [0.15, 0.2) is 9.63 Å². The van der Waals surface area contributed by atoms with Crippen LogP contribution in [0.2, 0.25) is 0 Å². The summed E-state index contributed by atoms with van der Waals surface area (Å²) in [5, 5.41) is 7.64. The Kier molecular flexibility index (Phi) is 5.39. The highest BCUT2D eigenvalue weighted by Crippen LogP contribution is 2.26. The lowest BCUT2D eigenvalue weighted by Crippen LogP contribution is -2.46. The summed E-state index contributed by atoms with van der Waals surface area (Å²) in [7, 11) is -1.95. The molecule has 0 bridgehead atoms. The van der Waals surface area contributed by atoms with Crippen molar-refractivity contribution >= 4 is 26.0 Å². The van der Waals surface area contributed by atoms with E-state index in [-0.39, 0.29) is 9.63 Å². The summed E-state index contributed by atoms with van der Waals surface area (Å²) in [5.41, 5.74) is 0. The van der Waals surface area contributed by atoms with Crippen molar-refractivity contribution in [3.05, 3.63) is 4.60 Å². The molecule has 0 spiro atoms. The maximum absolute atomic E-state index is 12.7. The van der Waals surface area contributed by atoms with Crippen molar-refractivity contribution in [1.82, 2.24) is 24.2 Å². The van der Waals surface area contributed by atoms with Crippen molar-refractivity contribution in [2.24, 2.45) is 7.05 Å². The summed E-state index contributed by atoms with van der Waals surface area (Å²) in [4.78, 5) is 2.39. The Hall–Kier alpha value is -0.510. The average Bonchev–Trinajstić information content (AvgIpc) is 2.80. The lowest BCUT2D eigenvalue weighted by atomic mass is 10.1. The molecule has 1 saturated heterocycles. The molecule has 7 nitrogen and oxygen atoms in total. The number of halogens is 1. The number of sulfonamides is 1. The molecule has 2 rings (SSSR count). The SMILES string of the molecule is CCN(CC)C1CCN(S(=O)(=O)c2c(Br)nnn2C)CC1. The molecule has 1 fully saturated rings. The Morgan fingerprint density at radius 1 is 1.29 bits per heavy atom. The average molecular weight is 380 g/mol. The zero-order valence-electron chi connectivity index (χ0n) is 12.7. The minimum Gasteiger partial charge on any atom is -0.301 e. The molecular weight excluding hydrogens is 358 g/mol. The Bertz CT molecular complexity index is 557. The molecule has 0 unspecified atom stereocenters. The van der Waals surface area contributed by atoms with Crippen LogP contribution < -0.4 is 0 Å². The molecule has 2 heterocycles. The smallest absolute Gasteiger partial charge is 0.263 e. The minimum atomic E-state index is -3.54. The number of nitrogens with zero attached hydrogens (tertiary/aromatic N) is 5. The minimum absolute atomic E-state index is 0.129. The Labute approximate surface area is 134 Å². The largest absolute Gasteiger partial charge is 0.301 e. The van der Waals surface area contributed by atoms with Crippen LogP contribution in [0.25, 0.3) is 0 Å². The van der Waals surface area contributed by atoms with E-state index in [9.17, 15) is 8.42 Å². The quantitative estimate of drug-likeness (QED) is 0.764. The molecule has 1 aromatic rings. The highest BCUT2D eigenvalue weighted by Gasteiger charge is 2.34. The van der Waals surface area contributed by atoms with E-state index in [0.29, 0.717) is 19.1 Å². The van der Waals surface area contributed by atoms with Gasteiger partial charge >= 0.3 is 0 Å². The topological polar surface area (TPSA) is 71.3 Å². The maximum Gasteiger partial charge on any atom is 0.263 e. The molecule has 0 N–H and O–H groups in total. The Morgan fingerprint density at radius 2 is 1.86 bits per heavy atom. The van der Waals surface area contributed by atoms with E-state index in [2.05, 4.69) is 45.0 Å². The van der Waals surface area contributed by atoms with Crippen molar-refractivity contribution in [3.63, 3.8) is 0 Å². The number of hydrogen-bond donors (Lipinski definition) is 0. The molecule has 0 saturated carbocycles. The van der Waals surface area contributed by atoms with Gasteiger partial charge in [-0.3, -0.25) is 0 Å². The summed E-state index contributed by atoms with van der Waals surface area (Å²) in [5.74, 6) is 0. The van der Waals surface area contributed by atoms with E-state index in [1.165, 1.54) is 8.99 Å². The fourth-order valence-electron chi connectivity index (χ4n) is 2.91. The number of piperidine rings is 1. The molecule has 0 atom stereocenters. The van der Waals surface area contributed by atoms with Gasteiger partial charge in [0.1, 0.15) is 0 Å². The maximum atomic E-state index is 12.7. The van der Waals surface area contributed by atoms with Crippen LogP contribution in [0, 0.1) is 0 Å². The summed E-state index contributed by atoms with van der Waals surface area (Å²) in [6.45, 7) is 7.38. The highest BCUT2D eigenvalue weighted by atomic mass is 79.9. The number of rotatable bonds is 5. The molecule has 0 radical (unpaired) electrons. The first kappa shape index (κ1) is 16.9. The van der Waals surface area contributed by atoms with Crippen LogP contribution in [0.4, 0.5) is 0 Å². The molecule has 9 heteroatoms. The fraction of sp³-hybridized carbons (Fsp3) is 0.833. The highest BCUT2D eigenvalue weighted by molar-refractivity contribution is 9.10. The molecule has 0 amide bonds. The second-order valence-corrected chi connectivity index (χ2v) is 7.77. The predicted octanol–water partition coefficient (Wildman–Crippen LogP) is 1.07. The van der Waals surface area contributed by atoms with Gasteiger partial charge in [-0.2, -0.15) is 4.31 Å². The first-order valence-electron chi connectivity index (χ1n) is 7.21. The van der Waals surface area contributed by atoms with Crippen molar-refractivity contribution in [3.8, 4) is 0 Å². The van der Waals surface area contributed by atoms with E-state index in [0.717, 1.165) is 25.9 Å². The van der Waals surface area contributed by atoms with E-state index in [1.807, 2.05) is 0 Å². The normalized spacial score (nSPS) is 18.5. The van der Waals surface area contributed by atoms with Crippen LogP contribution in [0.3, 0.4) is 0 Å². The van der Waals surface area contributed by atoms with E-state index < -0.39 is 10.0 Å². The van der Waals surface area contributed by atoms with Crippen molar-refractivity contribution in [2.45, 2.75) is 37.8 Å². The van der Waals surface area contributed by atoms with Crippen LogP contribution in [-0.4, -0.2) is 64.8 Å². The second-order valence-electron chi connectivity index (χ2n) is 5.17. The lowest BCUT2D eigenvalue weighted by molar-refractivity contribution is 0.152. The van der Waals surface area contributed by atoms with Gasteiger partial charge < -0.3 is 4.90 Å². The van der Waals surface area contributed by atoms with Crippen molar-refractivity contribution in [1.29, 1.82) is 0 Å². The van der Waals surface area contributed by atoms with Gasteiger partial charge in [0.15, 0.2) is 4.60 Å². The molecule has 1 aliphatic rings. The van der Waals surface area contributed by atoms with E-state index >= 15 is 0 Å². The second kappa shape index (κ2) is 6.72. The summed E-state index contributed by atoms with van der Waals surface area (Å²) in [6, 6.07) is 0.472. The van der Waals surface area contributed by atoms with Gasteiger partial charge in [0, 0.05) is 26.2 Å². The molecule has 1 aromatic heterocycles. The first-order chi connectivity index (χ1) is 9.91. The van der Waals surface area contributed by atoms with Crippen LogP contribution >= 0.6 is 15.9 Å². The summed E-state index contributed by atoms with van der Waals surface area (Å²) in [6.07, 6.45) is 1.73. The number of aryl methyl sites for hydroxylation is 1. The molecule has 21 heavy (non-hydrogen) atoms. The zero-order chi connectivity index (χ0) is 15.6. The molecule has 1 aliphatic heterocycles. The zero-order valence-corrected chi connectivity index (χ0v) is 15.1. The van der Waals surface area contributed by atoms with Crippen molar-refractivity contribution in [2.75, 3.05) is 26.2 Å². The van der Waals surface area contributed by atoms with E-state index in [1.54, 1.807) is 7.05 Å². The first-order valence-corrected chi connectivity index (χ1v) is 9.44. The van der Waals surface area contributed by atoms with Crippen molar-refractivity contribution < 1.29 is 8.42 Å². The van der Waals surface area contributed by atoms with E-state index in [4.69, 9.17) is 0 Å². The van der Waals surface area contributed by atoms with Gasteiger partial charge in [0.05, 0.1) is 0 Å². The van der Waals surface area contributed by atoms with Gasteiger partial charge in [0.2, 0.25) is 5.03 Å². The number of aromatic nitrogens is 3. The third-order valence-corrected chi connectivity index (χ3v) is 6.86. The third-order valence-electron chi connectivity index (χ3n) is 4.07. The molecule has 120 valence electrons. The molecule has 0 aliphatic carbocycles. The molecular formula is C12H22BrN5O2S. The van der Waals surface area contributed by atoms with Gasteiger partial charge in [-0.25, -0.2) is 13.1 Å². The monoisotopic (exact) mass is 379 g/mol. The van der Waals surface area contributed by atoms with Gasteiger partial charge in [-0.05, 0) is 41.9 Å². The van der Waals surface area contributed by atoms with Crippen LogP contribution in [0.1, 0.15) is 26.7 Å². The van der Waals surface area contributed by atoms with Crippen LogP contribution in [-0.2, 0) is 17.1 Å². The van der Waals surface area contributed by atoms with Crippen LogP contribution in [0.5, 0.6) is 0 Å². The fourth-order valence-corrected chi connectivity index (χ4v) is 5.41. The van der Waals surface area contributed by atoms with Gasteiger partial charge in [0.25, 0.3) is 10.0 Å². The summed E-state index contributed by atoms with van der Waals surface area (Å²) >= 11 is 3.17. The summed E-state index contributed by atoms with van der Waals surface area (Å²) < 4.78 is 28.5. The predicted molar refractivity (Wildman–Crippen MR) is 83.4 cm³/mol. The third kappa shape index (κ3) is 3.30. The Balaban J connectivity index is 2.12. The molecule has 0 aromatic carbocycles. The Morgan fingerprint density at radius 3 is 2.29 bits per heavy atom. The number of hydrogen-bond acceptors (Lipinski definition) is 5. The van der Waals surface area contributed by atoms with Gasteiger partial charge in [-0.1, -0.05) is 19.1 Å². The standard InChI is InChI=1S/C12H22BrN5O2S/c1-4-17(5-2)10-6-8-18(9-7-10)21(19,20)12-11(13)14-15-16(12)3/h10H,4-9H2,1-3H3. The lowest BCUT2D eigenvalue weighted by Gasteiger charge is -2.36.